The molecule has 0 fully saturated rings. The molecule has 2 heterocycles. The molecule has 3 rings (SSSR count). The van der Waals surface area contributed by atoms with Gasteiger partial charge in [0.15, 0.2) is 0 Å². The van der Waals surface area contributed by atoms with E-state index in [0.717, 1.165) is 48.9 Å². The Balaban J connectivity index is 1.57. The highest BCUT2D eigenvalue weighted by Gasteiger charge is 2.12. The first kappa shape index (κ1) is 22.6. The van der Waals surface area contributed by atoms with Gasteiger partial charge in [-0.05, 0) is 64.0 Å². The number of pyridine rings is 1. The molecule has 0 radical (unpaired) electrons. The van der Waals surface area contributed by atoms with Crippen molar-refractivity contribution in [2.24, 2.45) is 0 Å². The van der Waals surface area contributed by atoms with Crippen LogP contribution in [-0.2, 0) is 0 Å². The van der Waals surface area contributed by atoms with Crippen molar-refractivity contribution in [1.82, 2.24) is 19.9 Å². The molecule has 1 unspecified atom stereocenters. The molecule has 0 aliphatic heterocycles. The van der Waals surface area contributed by atoms with Gasteiger partial charge in [0.1, 0.15) is 11.5 Å². The van der Waals surface area contributed by atoms with Crippen LogP contribution in [0.5, 0.6) is 0 Å². The largest absolute Gasteiger partial charge is 0.366 e. The van der Waals surface area contributed by atoms with Crippen molar-refractivity contribution < 1.29 is 4.79 Å². The van der Waals surface area contributed by atoms with Crippen LogP contribution in [0.15, 0.2) is 42.9 Å². The second kappa shape index (κ2) is 10.8. The van der Waals surface area contributed by atoms with E-state index in [1.165, 1.54) is 6.20 Å². The number of aryl methyl sites for hydroxylation is 1. The zero-order chi connectivity index (χ0) is 22.2. The molecule has 0 saturated heterocycles. The molecule has 0 aliphatic carbocycles. The van der Waals surface area contributed by atoms with Crippen LogP contribution in [0.3, 0.4) is 0 Å². The molecule has 31 heavy (non-hydrogen) atoms. The van der Waals surface area contributed by atoms with Crippen molar-refractivity contribution in [3.63, 3.8) is 0 Å². The fraction of sp³-hybridized carbons (Fsp3) is 0.417. The molecular weight excluding hydrogens is 388 g/mol. The Hall–Kier alpha value is -3.06. The standard InChI is InChI=1S/C24H32N6O/c1-5-30(6-2)12-8-9-18(4)28-22-16-25-21(15-26-22)24(31)29-20-11-7-10-19-13-17(3)14-27-23(19)20/h7,10-11,13-16,18H,5-6,8-9,12H2,1-4H3,(H,26,28)(H,29,31). The maximum atomic E-state index is 12.7. The Morgan fingerprint density at radius 1 is 1.10 bits per heavy atom. The third-order valence-electron chi connectivity index (χ3n) is 5.38. The van der Waals surface area contributed by atoms with Crippen LogP contribution in [0.2, 0.25) is 0 Å². The van der Waals surface area contributed by atoms with Crippen LogP contribution in [-0.4, -0.2) is 51.4 Å². The number of para-hydroxylation sites is 1. The summed E-state index contributed by atoms with van der Waals surface area (Å²) in [7, 11) is 0. The molecule has 164 valence electrons. The second-order valence-electron chi connectivity index (χ2n) is 7.85. The first-order chi connectivity index (χ1) is 15.0. The highest BCUT2D eigenvalue weighted by atomic mass is 16.1. The van der Waals surface area contributed by atoms with E-state index >= 15 is 0 Å². The number of amides is 1. The molecule has 1 amide bonds. The Morgan fingerprint density at radius 3 is 2.61 bits per heavy atom. The molecule has 1 aromatic carbocycles. The summed E-state index contributed by atoms with van der Waals surface area (Å²) in [5.41, 5.74) is 2.76. The van der Waals surface area contributed by atoms with E-state index in [1.807, 2.05) is 31.2 Å². The van der Waals surface area contributed by atoms with E-state index in [9.17, 15) is 4.79 Å². The van der Waals surface area contributed by atoms with Gasteiger partial charge in [-0.2, -0.15) is 0 Å². The van der Waals surface area contributed by atoms with Crippen LogP contribution < -0.4 is 10.6 Å². The van der Waals surface area contributed by atoms with E-state index in [-0.39, 0.29) is 17.6 Å². The third kappa shape index (κ3) is 6.21. The minimum atomic E-state index is -0.304. The Morgan fingerprint density at radius 2 is 1.90 bits per heavy atom. The normalized spacial score (nSPS) is 12.2. The lowest BCUT2D eigenvalue weighted by atomic mass is 10.1. The molecular formula is C24H32N6O. The van der Waals surface area contributed by atoms with Gasteiger partial charge in [-0.15, -0.1) is 0 Å². The fourth-order valence-electron chi connectivity index (χ4n) is 3.56. The monoisotopic (exact) mass is 420 g/mol. The molecule has 0 bridgehead atoms. The molecule has 0 spiro atoms. The summed E-state index contributed by atoms with van der Waals surface area (Å²) in [5, 5.41) is 7.25. The van der Waals surface area contributed by atoms with Crippen LogP contribution >= 0.6 is 0 Å². The average molecular weight is 421 g/mol. The molecule has 2 aromatic heterocycles. The molecule has 0 aliphatic rings. The zero-order valence-electron chi connectivity index (χ0n) is 18.9. The summed E-state index contributed by atoms with van der Waals surface area (Å²) < 4.78 is 0. The number of fused-ring (bicyclic) bond motifs is 1. The summed E-state index contributed by atoms with van der Waals surface area (Å²) in [5.74, 6) is 0.371. The summed E-state index contributed by atoms with van der Waals surface area (Å²) in [6.45, 7) is 11.8. The van der Waals surface area contributed by atoms with Gasteiger partial charge >= 0.3 is 0 Å². The fourth-order valence-corrected chi connectivity index (χ4v) is 3.56. The minimum absolute atomic E-state index is 0.267. The second-order valence-corrected chi connectivity index (χ2v) is 7.85. The van der Waals surface area contributed by atoms with E-state index in [2.05, 4.69) is 51.3 Å². The van der Waals surface area contributed by atoms with Gasteiger partial charge in [-0.25, -0.2) is 9.97 Å². The molecule has 0 saturated carbocycles. The van der Waals surface area contributed by atoms with Gasteiger partial charge in [0.25, 0.3) is 5.91 Å². The van der Waals surface area contributed by atoms with Crippen molar-refractivity contribution in [2.75, 3.05) is 30.3 Å². The average Bonchev–Trinajstić information content (AvgIpc) is 2.77. The Bertz CT molecular complexity index is 1000. The van der Waals surface area contributed by atoms with Crippen molar-refractivity contribution >= 4 is 28.3 Å². The van der Waals surface area contributed by atoms with Crippen LogP contribution in [0, 0.1) is 6.92 Å². The lowest BCUT2D eigenvalue weighted by Gasteiger charge is -2.20. The molecule has 7 heteroatoms. The molecule has 2 N–H and O–H groups in total. The lowest BCUT2D eigenvalue weighted by molar-refractivity contribution is 0.102. The summed E-state index contributed by atoms with van der Waals surface area (Å²) in [6, 6.07) is 8.05. The number of nitrogens with zero attached hydrogens (tertiary/aromatic N) is 4. The number of rotatable bonds is 10. The number of hydrogen-bond acceptors (Lipinski definition) is 6. The Kier molecular flexibility index (Phi) is 7.89. The first-order valence-corrected chi connectivity index (χ1v) is 11.0. The summed E-state index contributed by atoms with van der Waals surface area (Å²) in [6.07, 6.45) is 7.08. The lowest BCUT2D eigenvalue weighted by Crippen LogP contribution is -2.25. The van der Waals surface area contributed by atoms with Gasteiger partial charge in [0.05, 0.1) is 23.6 Å². The van der Waals surface area contributed by atoms with Gasteiger partial charge in [0.2, 0.25) is 0 Å². The predicted octanol–water partition coefficient (Wildman–Crippen LogP) is 4.51. The number of benzene rings is 1. The minimum Gasteiger partial charge on any atom is -0.366 e. The first-order valence-electron chi connectivity index (χ1n) is 11.0. The van der Waals surface area contributed by atoms with E-state index in [0.29, 0.717) is 11.5 Å². The molecule has 1 atom stereocenters. The number of anilines is 2. The van der Waals surface area contributed by atoms with Gasteiger partial charge in [0, 0.05) is 17.6 Å². The molecule has 3 aromatic rings. The van der Waals surface area contributed by atoms with Crippen molar-refractivity contribution in [3.05, 3.63) is 54.1 Å². The summed E-state index contributed by atoms with van der Waals surface area (Å²) >= 11 is 0. The summed E-state index contributed by atoms with van der Waals surface area (Å²) in [4.78, 5) is 28.2. The SMILES string of the molecule is CCN(CC)CCCC(C)Nc1cnc(C(=O)Nc2cccc3cc(C)cnc23)cn1. The number of carbonyl (C=O) groups is 1. The van der Waals surface area contributed by atoms with Crippen molar-refractivity contribution in [3.8, 4) is 0 Å². The highest BCUT2D eigenvalue weighted by molar-refractivity contribution is 6.07. The topological polar surface area (TPSA) is 83.0 Å². The molecule has 7 nitrogen and oxygen atoms in total. The van der Waals surface area contributed by atoms with E-state index in [1.54, 1.807) is 12.4 Å². The van der Waals surface area contributed by atoms with Crippen LogP contribution in [0.1, 0.15) is 49.7 Å². The van der Waals surface area contributed by atoms with Gasteiger partial charge in [-0.3, -0.25) is 9.78 Å². The number of hydrogen-bond donors (Lipinski definition) is 2. The predicted molar refractivity (Wildman–Crippen MR) is 127 cm³/mol. The van der Waals surface area contributed by atoms with Crippen LogP contribution in [0.4, 0.5) is 11.5 Å². The van der Waals surface area contributed by atoms with E-state index in [4.69, 9.17) is 0 Å². The van der Waals surface area contributed by atoms with Crippen LogP contribution in [0.25, 0.3) is 10.9 Å². The maximum absolute atomic E-state index is 12.7. The van der Waals surface area contributed by atoms with Gasteiger partial charge < -0.3 is 15.5 Å². The number of nitrogens with one attached hydrogen (secondary N) is 2. The zero-order valence-corrected chi connectivity index (χ0v) is 18.9. The van der Waals surface area contributed by atoms with E-state index < -0.39 is 0 Å². The quantitative estimate of drug-likeness (QED) is 0.502. The number of aromatic nitrogens is 3. The Labute approximate surface area is 184 Å². The van der Waals surface area contributed by atoms with Crippen molar-refractivity contribution in [1.29, 1.82) is 0 Å². The number of carbonyl (C=O) groups excluding carboxylic acids is 1. The van der Waals surface area contributed by atoms with Gasteiger partial charge in [-0.1, -0.05) is 26.0 Å². The van der Waals surface area contributed by atoms with Crippen molar-refractivity contribution in [2.45, 2.75) is 46.6 Å². The smallest absolute Gasteiger partial charge is 0.275 e. The third-order valence-corrected chi connectivity index (χ3v) is 5.38. The highest BCUT2D eigenvalue weighted by Crippen LogP contribution is 2.22. The maximum Gasteiger partial charge on any atom is 0.275 e.